The van der Waals surface area contributed by atoms with Gasteiger partial charge in [0.05, 0.1) is 18.4 Å². The van der Waals surface area contributed by atoms with Gasteiger partial charge in [-0.2, -0.15) is 0 Å². The number of methoxy groups -OCH3 is 1. The van der Waals surface area contributed by atoms with E-state index in [-0.39, 0.29) is 0 Å². The topological polar surface area (TPSA) is 85.8 Å². The zero-order chi connectivity index (χ0) is 20.6. The second-order valence-corrected chi connectivity index (χ2v) is 8.36. The molecule has 1 aliphatic carbocycles. The third-order valence-corrected chi connectivity index (χ3v) is 6.38. The van der Waals surface area contributed by atoms with Gasteiger partial charge in [0.15, 0.2) is 5.82 Å². The maximum Gasteiger partial charge on any atom is 0.182 e. The van der Waals surface area contributed by atoms with E-state index in [1.807, 2.05) is 12.1 Å². The minimum absolute atomic E-state index is 0.447. The molecule has 1 atom stereocenters. The molecule has 2 aliphatic rings. The van der Waals surface area contributed by atoms with E-state index in [2.05, 4.69) is 39.7 Å². The smallest absolute Gasteiger partial charge is 0.182 e. The van der Waals surface area contributed by atoms with Crippen LogP contribution in [-0.2, 0) is 23.2 Å². The number of aromatic nitrogens is 5. The highest BCUT2D eigenvalue weighted by molar-refractivity contribution is 5.86. The second-order valence-electron chi connectivity index (χ2n) is 8.36. The highest BCUT2D eigenvalue weighted by Crippen LogP contribution is 2.46. The maximum atomic E-state index is 6.25. The standard InChI is InChI=1S/C23H27N5O2/c1-23(12-7-13-30-23)21-20(22-25-27-28-26-22)19(15-8-6-9-16(14-15)29-2)17-10-4-3-5-11-18(17)24-21/h6,8-9,14H,3-5,7,10-13H2,1-2H3,(H,25,26,27,28)/t23-/m1/s1. The van der Waals surface area contributed by atoms with Crippen LogP contribution in [0.25, 0.3) is 22.5 Å². The minimum atomic E-state index is -0.447. The van der Waals surface area contributed by atoms with Gasteiger partial charge >= 0.3 is 0 Å². The molecular formula is C23H27N5O2. The van der Waals surface area contributed by atoms with Crippen molar-refractivity contribution in [3.05, 3.63) is 41.2 Å². The normalized spacial score (nSPS) is 21.3. The van der Waals surface area contributed by atoms with Crippen LogP contribution in [0.3, 0.4) is 0 Å². The zero-order valence-electron chi connectivity index (χ0n) is 17.6. The summed E-state index contributed by atoms with van der Waals surface area (Å²) >= 11 is 0. The van der Waals surface area contributed by atoms with Crippen molar-refractivity contribution in [3.63, 3.8) is 0 Å². The van der Waals surface area contributed by atoms with Gasteiger partial charge in [0.2, 0.25) is 0 Å². The highest BCUT2D eigenvalue weighted by Gasteiger charge is 2.39. The summed E-state index contributed by atoms with van der Waals surface area (Å²) < 4.78 is 11.8. The molecule has 1 N–H and O–H groups in total. The Labute approximate surface area is 176 Å². The third kappa shape index (κ3) is 3.27. The molecule has 1 saturated heterocycles. The van der Waals surface area contributed by atoms with E-state index in [9.17, 15) is 0 Å². The molecule has 5 rings (SSSR count). The lowest BCUT2D eigenvalue weighted by atomic mass is 9.84. The highest BCUT2D eigenvalue weighted by atomic mass is 16.5. The molecule has 0 radical (unpaired) electrons. The molecule has 0 unspecified atom stereocenters. The Hall–Kier alpha value is -2.80. The molecule has 1 aromatic carbocycles. The van der Waals surface area contributed by atoms with Crippen LogP contribution in [0.5, 0.6) is 5.75 Å². The predicted octanol–water partition coefficient (Wildman–Crippen LogP) is 4.23. The van der Waals surface area contributed by atoms with Gasteiger partial charge < -0.3 is 9.47 Å². The van der Waals surface area contributed by atoms with Crippen molar-refractivity contribution in [3.8, 4) is 28.3 Å². The van der Waals surface area contributed by atoms with Crippen LogP contribution in [-0.4, -0.2) is 39.3 Å². The Bertz CT molecular complexity index is 1040. The van der Waals surface area contributed by atoms with E-state index in [1.165, 1.54) is 17.7 Å². The minimum Gasteiger partial charge on any atom is -0.497 e. The number of hydrogen-bond donors (Lipinski definition) is 1. The molecule has 1 fully saturated rings. The van der Waals surface area contributed by atoms with Crippen molar-refractivity contribution in [1.82, 2.24) is 25.6 Å². The fourth-order valence-corrected chi connectivity index (χ4v) is 4.86. The number of H-pyrrole nitrogens is 1. The van der Waals surface area contributed by atoms with Crippen molar-refractivity contribution in [2.24, 2.45) is 0 Å². The molecule has 0 amide bonds. The number of rotatable bonds is 4. The third-order valence-electron chi connectivity index (χ3n) is 6.38. The Morgan fingerprint density at radius 3 is 2.77 bits per heavy atom. The summed E-state index contributed by atoms with van der Waals surface area (Å²) in [6.07, 6.45) is 7.50. The van der Waals surface area contributed by atoms with Crippen LogP contribution in [0.1, 0.15) is 56.0 Å². The van der Waals surface area contributed by atoms with Crippen molar-refractivity contribution in [1.29, 1.82) is 0 Å². The number of nitrogens with zero attached hydrogens (tertiary/aromatic N) is 4. The molecule has 0 bridgehead atoms. The lowest BCUT2D eigenvalue weighted by Crippen LogP contribution is -2.25. The summed E-state index contributed by atoms with van der Waals surface area (Å²) in [5.74, 6) is 1.47. The second kappa shape index (κ2) is 7.80. The number of aryl methyl sites for hydroxylation is 1. The number of aromatic amines is 1. The first kappa shape index (κ1) is 19.2. The first-order chi connectivity index (χ1) is 14.7. The van der Waals surface area contributed by atoms with E-state index in [4.69, 9.17) is 14.5 Å². The molecule has 7 heteroatoms. The van der Waals surface area contributed by atoms with Gasteiger partial charge in [-0.15, -0.1) is 5.10 Å². The molecule has 30 heavy (non-hydrogen) atoms. The van der Waals surface area contributed by atoms with E-state index < -0.39 is 5.60 Å². The number of benzene rings is 1. The van der Waals surface area contributed by atoms with Crippen LogP contribution in [0.2, 0.25) is 0 Å². The predicted molar refractivity (Wildman–Crippen MR) is 113 cm³/mol. The SMILES string of the molecule is COc1cccc(-c2c3c(nc([C@@]4(C)CCCO4)c2-c2nnn[nH]2)CCCCC3)c1. The molecule has 3 aromatic rings. The lowest BCUT2D eigenvalue weighted by Gasteiger charge is -2.28. The number of hydrogen-bond acceptors (Lipinski definition) is 6. The Morgan fingerprint density at radius 2 is 2.00 bits per heavy atom. The van der Waals surface area contributed by atoms with Gasteiger partial charge in [-0.3, -0.25) is 4.98 Å². The Balaban J connectivity index is 1.86. The van der Waals surface area contributed by atoms with Crippen molar-refractivity contribution in [2.75, 3.05) is 13.7 Å². The number of fused-ring (bicyclic) bond motifs is 1. The van der Waals surface area contributed by atoms with E-state index in [0.717, 1.165) is 73.3 Å². The number of ether oxygens (including phenoxy) is 2. The Morgan fingerprint density at radius 1 is 1.10 bits per heavy atom. The van der Waals surface area contributed by atoms with E-state index >= 15 is 0 Å². The number of pyridine rings is 1. The van der Waals surface area contributed by atoms with Gasteiger partial charge in [-0.05, 0) is 84.7 Å². The number of nitrogens with one attached hydrogen (secondary N) is 1. The molecule has 3 heterocycles. The molecule has 7 nitrogen and oxygen atoms in total. The quantitative estimate of drug-likeness (QED) is 0.654. The summed E-state index contributed by atoms with van der Waals surface area (Å²) in [6.45, 7) is 2.89. The van der Waals surface area contributed by atoms with Crippen LogP contribution in [0.4, 0.5) is 0 Å². The largest absolute Gasteiger partial charge is 0.497 e. The van der Waals surface area contributed by atoms with Gasteiger partial charge in [-0.25, -0.2) is 5.10 Å². The molecule has 2 aromatic heterocycles. The molecular weight excluding hydrogens is 378 g/mol. The van der Waals surface area contributed by atoms with Crippen molar-refractivity contribution >= 4 is 0 Å². The van der Waals surface area contributed by atoms with E-state index in [0.29, 0.717) is 5.82 Å². The maximum absolute atomic E-state index is 6.25. The fraction of sp³-hybridized carbons (Fsp3) is 0.478. The zero-order valence-corrected chi connectivity index (χ0v) is 17.6. The fourth-order valence-electron chi connectivity index (χ4n) is 4.86. The van der Waals surface area contributed by atoms with E-state index in [1.54, 1.807) is 7.11 Å². The van der Waals surface area contributed by atoms with Crippen LogP contribution < -0.4 is 4.74 Å². The summed E-state index contributed by atoms with van der Waals surface area (Å²) in [5, 5.41) is 15.1. The Kier molecular flexibility index (Phi) is 4.98. The monoisotopic (exact) mass is 405 g/mol. The van der Waals surface area contributed by atoms with Crippen LogP contribution in [0.15, 0.2) is 24.3 Å². The first-order valence-electron chi connectivity index (χ1n) is 10.8. The van der Waals surface area contributed by atoms with Crippen LogP contribution in [0, 0.1) is 0 Å². The average molecular weight is 406 g/mol. The van der Waals surface area contributed by atoms with Crippen molar-refractivity contribution in [2.45, 2.75) is 57.5 Å². The molecule has 156 valence electrons. The van der Waals surface area contributed by atoms with Gasteiger partial charge in [0, 0.05) is 12.3 Å². The van der Waals surface area contributed by atoms with Gasteiger partial charge in [0.25, 0.3) is 0 Å². The van der Waals surface area contributed by atoms with Gasteiger partial charge in [-0.1, -0.05) is 18.6 Å². The molecule has 0 spiro atoms. The van der Waals surface area contributed by atoms with Crippen molar-refractivity contribution < 1.29 is 9.47 Å². The summed E-state index contributed by atoms with van der Waals surface area (Å²) in [5.41, 5.74) is 6.20. The summed E-state index contributed by atoms with van der Waals surface area (Å²) in [6, 6.07) is 8.24. The van der Waals surface area contributed by atoms with Gasteiger partial charge in [0.1, 0.15) is 11.4 Å². The summed E-state index contributed by atoms with van der Waals surface area (Å²) in [4.78, 5) is 5.24. The summed E-state index contributed by atoms with van der Waals surface area (Å²) in [7, 11) is 1.70. The molecule has 1 aliphatic heterocycles. The average Bonchev–Trinajstić information content (AvgIpc) is 3.40. The molecule has 0 saturated carbocycles. The van der Waals surface area contributed by atoms with Crippen LogP contribution >= 0.6 is 0 Å². The number of tetrazole rings is 1. The first-order valence-corrected chi connectivity index (χ1v) is 10.8. The lowest BCUT2D eigenvalue weighted by molar-refractivity contribution is 0.0136.